The lowest BCUT2D eigenvalue weighted by Gasteiger charge is -2.31. The molecule has 1 amide bonds. The third kappa shape index (κ3) is 4.21. The average Bonchev–Trinajstić information content (AvgIpc) is 3.25. The predicted molar refractivity (Wildman–Crippen MR) is 111 cm³/mol. The monoisotopic (exact) mass is 392 g/mol. The van der Waals surface area contributed by atoms with Crippen molar-refractivity contribution in [1.29, 1.82) is 0 Å². The van der Waals surface area contributed by atoms with E-state index in [9.17, 15) is 4.79 Å². The van der Waals surface area contributed by atoms with Crippen LogP contribution in [0.1, 0.15) is 30.3 Å². The fourth-order valence-corrected chi connectivity index (χ4v) is 3.39. The maximum Gasteiger partial charge on any atom is 0.275 e. The number of methoxy groups -OCH3 is 1. The highest BCUT2D eigenvalue weighted by Gasteiger charge is 2.18. The molecule has 4 rings (SSSR count). The fourth-order valence-electron chi connectivity index (χ4n) is 3.39. The summed E-state index contributed by atoms with van der Waals surface area (Å²) in [7, 11) is 1.56. The van der Waals surface area contributed by atoms with Gasteiger partial charge in [0.2, 0.25) is 0 Å². The van der Waals surface area contributed by atoms with Crippen molar-refractivity contribution >= 4 is 17.4 Å². The van der Waals surface area contributed by atoms with Crippen LogP contribution in [0.5, 0.6) is 5.75 Å². The van der Waals surface area contributed by atoms with Crippen LogP contribution in [-0.2, 0) is 0 Å². The van der Waals surface area contributed by atoms with Crippen LogP contribution in [0, 0.1) is 5.92 Å². The van der Waals surface area contributed by atoms with E-state index in [0.29, 0.717) is 22.9 Å². The molecule has 3 heterocycles. The van der Waals surface area contributed by atoms with Crippen molar-refractivity contribution in [1.82, 2.24) is 19.5 Å². The van der Waals surface area contributed by atoms with Crippen LogP contribution in [0.3, 0.4) is 0 Å². The number of para-hydroxylation sites is 2. The van der Waals surface area contributed by atoms with Gasteiger partial charge < -0.3 is 15.0 Å². The second-order valence-corrected chi connectivity index (χ2v) is 7.22. The Hall–Kier alpha value is -3.42. The van der Waals surface area contributed by atoms with E-state index in [2.05, 4.69) is 32.1 Å². The molecule has 1 aliphatic rings. The van der Waals surface area contributed by atoms with Gasteiger partial charge in [0, 0.05) is 25.4 Å². The molecule has 8 heteroatoms. The zero-order chi connectivity index (χ0) is 20.2. The molecule has 1 aromatic carbocycles. The van der Waals surface area contributed by atoms with Crippen molar-refractivity contribution in [2.24, 2.45) is 5.92 Å². The number of amides is 1. The molecule has 0 radical (unpaired) electrons. The van der Waals surface area contributed by atoms with Gasteiger partial charge in [-0.2, -0.15) is 0 Å². The smallest absolute Gasteiger partial charge is 0.275 e. The summed E-state index contributed by atoms with van der Waals surface area (Å²) in [4.78, 5) is 27.9. The number of imidazole rings is 1. The molecule has 0 unspecified atom stereocenters. The summed E-state index contributed by atoms with van der Waals surface area (Å²) in [5.41, 5.74) is 0.890. The van der Waals surface area contributed by atoms with Gasteiger partial charge in [-0.25, -0.2) is 15.0 Å². The summed E-state index contributed by atoms with van der Waals surface area (Å²) in [6.45, 7) is 4.27. The van der Waals surface area contributed by atoms with Crippen molar-refractivity contribution in [3.63, 3.8) is 0 Å². The van der Waals surface area contributed by atoms with Gasteiger partial charge in [0.1, 0.15) is 35.7 Å². The first-order valence-corrected chi connectivity index (χ1v) is 9.70. The summed E-state index contributed by atoms with van der Waals surface area (Å²) in [5, 5.41) is 2.83. The maximum absolute atomic E-state index is 12.6. The summed E-state index contributed by atoms with van der Waals surface area (Å²) < 4.78 is 7.00. The maximum atomic E-state index is 12.6. The van der Waals surface area contributed by atoms with E-state index in [1.165, 1.54) is 0 Å². The summed E-state index contributed by atoms with van der Waals surface area (Å²) >= 11 is 0. The molecule has 0 atom stereocenters. The summed E-state index contributed by atoms with van der Waals surface area (Å²) in [6, 6.07) is 9.18. The minimum Gasteiger partial charge on any atom is -0.495 e. The molecule has 29 heavy (non-hydrogen) atoms. The molecular formula is C21H24N6O2. The Labute approximate surface area is 169 Å². The Balaban J connectivity index is 1.50. The minimum absolute atomic E-state index is 0.294. The molecule has 0 spiro atoms. The summed E-state index contributed by atoms with van der Waals surface area (Å²) in [6.07, 6.45) is 7.13. The number of anilines is 2. The quantitative estimate of drug-likeness (QED) is 0.718. The van der Waals surface area contributed by atoms with Gasteiger partial charge >= 0.3 is 0 Å². The number of nitrogens with one attached hydrogen (secondary N) is 1. The zero-order valence-corrected chi connectivity index (χ0v) is 16.6. The molecule has 1 saturated heterocycles. The normalized spacial score (nSPS) is 14.6. The Kier molecular flexibility index (Phi) is 5.41. The van der Waals surface area contributed by atoms with Crippen LogP contribution in [0.4, 0.5) is 11.5 Å². The first kappa shape index (κ1) is 18.9. The third-order valence-electron chi connectivity index (χ3n) is 5.18. The van der Waals surface area contributed by atoms with Crippen LogP contribution in [0.15, 0.2) is 49.2 Å². The van der Waals surface area contributed by atoms with Gasteiger partial charge in [-0.05, 0) is 30.9 Å². The second-order valence-electron chi connectivity index (χ2n) is 7.22. The molecule has 3 aromatic rings. The Morgan fingerprint density at radius 3 is 2.69 bits per heavy atom. The molecule has 0 aliphatic carbocycles. The first-order chi connectivity index (χ1) is 14.1. The van der Waals surface area contributed by atoms with Crippen molar-refractivity contribution in [3.05, 3.63) is 54.9 Å². The Bertz CT molecular complexity index is 994. The summed E-state index contributed by atoms with van der Waals surface area (Å²) in [5.74, 6) is 2.61. The molecule has 1 aliphatic heterocycles. The van der Waals surface area contributed by atoms with Gasteiger partial charge in [0.15, 0.2) is 0 Å². The molecule has 0 bridgehead atoms. The van der Waals surface area contributed by atoms with Gasteiger partial charge in [0.25, 0.3) is 5.91 Å². The number of hydrogen-bond donors (Lipinski definition) is 1. The Morgan fingerprint density at radius 2 is 1.90 bits per heavy atom. The zero-order valence-electron chi connectivity index (χ0n) is 16.6. The number of ether oxygens (including phenoxy) is 1. The lowest BCUT2D eigenvalue weighted by Crippen LogP contribution is -2.33. The van der Waals surface area contributed by atoms with Crippen molar-refractivity contribution in [2.75, 3.05) is 30.4 Å². The van der Waals surface area contributed by atoms with E-state index in [1.807, 2.05) is 18.2 Å². The molecule has 1 fully saturated rings. The SMILES string of the molecule is COc1ccccc1NC(=O)c1cn(-c2cc(N3CCC(C)CC3)ncn2)cn1. The van der Waals surface area contributed by atoms with Crippen molar-refractivity contribution in [2.45, 2.75) is 19.8 Å². The first-order valence-electron chi connectivity index (χ1n) is 9.70. The lowest BCUT2D eigenvalue weighted by molar-refractivity contribution is 0.102. The van der Waals surface area contributed by atoms with Crippen LogP contribution in [0.25, 0.3) is 5.82 Å². The van der Waals surface area contributed by atoms with Gasteiger partial charge in [-0.3, -0.25) is 9.36 Å². The number of rotatable bonds is 5. The fraction of sp³-hybridized carbons (Fsp3) is 0.333. The van der Waals surface area contributed by atoms with Crippen LogP contribution >= 0.6 is 0 Å². The molecule has 150 valence electrons. The third-order valence-corrected chi connectivity index (χ3v) is 5.18. The Morgan fingerprint density at radius 1 is 1.14 bits per heavy atom. The lowest BCUT2D eigenvalue weighted by atomic mass is 9.99. The number of hydrogen-bond acceptors (Lipinski definition) is 6. The molecule has 2 aromatic heterocycles. The number of benzene rings is 1. The van der Waals surface area contributed by atoms with E-state index >= 15 is 0 Å². The predicted octanol–water partition coefficient (Wildman–Crippen LogP) is 3.16. The standard InChI is InChI=1S/C21H24N6O2/c1-15-7-9-26(10-8-15)19-11-20(23-13-22-19)27-12-17(24-14-27)21(28)25-16-5-3-4-6-18(16)29-2/h3-6,11-15H,7-10H2,1-2H3,(H,25,28). The van der Waals surface area contributed by atoms with E-state index in [-0.39, 0.29) is 5.91 Å². The second kappa shape index (κ2) is 8.30. The van der Waals surface area contributed by atoms with Gasteiger partial charge in [0.05, 0.1) is 12.8 Å². The molecule has 0 saturated carbocycles. The average molecular weight is 392 g/mol. The van der Waals surface area contributed by atoms with E-state index in [0.717, 1.165) is 37.7 Å². The highest BCUT2D eigenvalue weighted by Crippen LogP contribution is 2.24. The van der Waals surface area contributed by atoms with Crippen LogP contribution < -0.4 is 15.0 Å². The number of piperidine rings is 1. The number of carbonyl (C=O) groups is 1. The van der Waals surface area contributed by atoms with E-state index in [4.69, 9.17) is 4.74 Å². The van der Waals surface area contributed by atoms with Crippen LogP contribution in [0.2, 0.25) is 0 Å². The van der Waals surface area contributed by atoms with Gasteiger partial charge in [-0.1, -0.05) is 19.1 Å². The topological polar surface area (TPSA) is 85.2 Å². The highest BCUT2D eigenvalue weighted by atomic mass is 16.5. The van der Waals surface area contributed by atoms with E-state index < -0.39 is 0 Å². The molecule has 1 N–H and O–H groups in total. The molecule has 8 nitrogen and oxygen atoms in total. The highest BCUT2D eigenvalue weighted by molar-refractivity contribution is 6.03. The van der Waals surface area contributed by atoms with E-state index in [1.54, 1.807) is 42.7 Å². The minimum atomic E-state index is -0.312. The van der Waals surface area contributed by atoms with Crippen molar-refractivity contribution < 1.29 is 9.53 Å². The van der Waals surface area contributed by atoms with Gasteiger partial charge in [-0.15, -0.1) is 0 Å². The largest absolute Gasteiger partial charge is 0.495 e. The number of carbonyl (C=O) groups excluding carboxylic acids is 1. The molecular weight excluding hydrogens is 368 g/mol. The number of nitrogens with zero attached hydrogens (tertiary/aromatic N) is 5. The van der Waals surface area contributed by atoms with Crippen LogP contribution in [-0.4, -0.2) is 45.6 Å². The number of aromatic nitrogens is 4. The van der Waals surface area contributed by atoms with Crippen molar-refractivity contribution in [3.8, 4) is 11.6 Å².